The molecule has 0 saturated carbocycles. The van der Waals surface area contributed by atoms with Crippen molar-refractivity contribution in [2.24, 2.45) is 0 Å². The number of amides is 1. The van der Waals surface area contributed by atoms with Gasteiger partial charge in [0.2, 0.25) is 0 Å². The van der Waals surface area contributed by atoms with Crippen LogP contribution in [-0.2, 0) is 4.79 Å². The lowest BCUT2D eigenvalue weighted by Gasteiger charge is -2.34. The molecule has 0 N–H and O–H groups in total. The molecule has 2 heterocycles. The largest absolute Gasteiger partial charge is 0.484 e. The number of rotatable bonds is 4. The Labute approximate surface area is 170 Å². The molecule has 0 bridgehead atoms. The van der Waals surface area contributed by atoms with Crippen molar-refractivity contribution in [2.75, 3.05) is 37.7 Å². The third kappa shape index (κ3) is 4.25. The molecule has 1 amide bonds. The van der Waals surface area contributed by atoms with Gasteiger partial charge in [0.05, 0.1) is 10.2 Å². The maximum atomic E-state index is 12.4. The van der Waals surface area contributed by atoms with Gasteiger partial charge in [-0.1, -0.05) is 45.0 Å². The van der Waals surface area contributed by atoms with Gasteiger partial charge in [0.1, 0.15) is 5.75 Å². The van der Waals surface area contributed by atoms with E-state index in [1.165, 1.54) is 10.3 Å². The Bertz CT molecular complexity index is 950. The highest BCUT2D eigenvalue weighted by molar-refractivity contribution is 9.10. The first-order chi connectivity index (χ1) is 13.1. The first-order valence-electron chi connectivity index (χ1n) is 8.87. The van der Waals surface area contributed by atoms with E-state index in [9.17, 15) is 4.79 Å². The van der Waals surface area contributed by atoms with Crippen molar-refractivity contribution in [1.82, 2.24) is 9.88 Å². The Kier molecular flexibility index (Phi) is 5.31. The number of halogens is 1. The molecule has 2 aromatic carbocycles. The van der Waals surface area contributed by atoms with Crippen LogP contribution >= 0.6 is 27.3 Å². The number of anilines is 1. The lowest BCUT2D eigenvalue weighted by atomic mass is 10.2. The second-order valence-corrected chi connectivity index (χ2v) is 8.50. The van der Waals surface area contributed by atoms with Crippen LogP contribution in [0.1, 0.15) is 5.56 Å². The van der Waals surface area contributed by atoms with E-state index in [0.29, 0.717) is 13.1 Å². The molecule has 1 fully saturated rings. The Morgan fingerprint density at radius 1 is 1.15 bits per heavy atom. The number of hydrogen-bond acceptors (Lipinski definition) is 5. The van der Waals surface area contributed by atoms with Gasteiger partial charge in [0, 0.05) is 30.7 Å². The molecule has 7 heteroatoms. The average molecular weight is 446 g/mol. The predicted molar refractivity (Wildman–Crippen MR) is 113 cm³/mol. The van der Waals surface area contributed by atoms with Gasteiger partial charge in [0.25, 0.3) is 5.91 Å². The van der Waals surface area contributed by atoms with E-state index in [4.69, 9.17) is 9.72 Å². The highest BCUT2D eigenvalue weighted by Crippen LogP contribution is 2.31. The van der Waals surface area contributed by atoms with Crippen LogP contribution in [0.3, 0.4) is 0 Å². The molecule has 140 valence electrons. The van der Waals surface area contributed by atoms with Gasteiger partial charge in [0.15, 0.2) is 11.7 Å². The lowest BCUT2D eigenvalue weighted by molar-refractivity contribution is -0.133. The SMILES string of the molecule is Cc1ccc(OCC(=O)N2CCN(c3nc4ccc(Br)cc4s3)CC2)cc1. The van der Waals surface area contributed by atoms with E-state index in [2.05, 4.69) is 26.9 Å². The number of nitrogens with zero attached hydrogens (tertiary/aromatic N) is 3. The van der Waals surface area contributed by atoms with Gasteiger partial charge >= 0.3 is 0 Å². The Morgan fingerprint density at radius 2 is 1.89 bits per heavy atom. The molecule has 0 unspecified atom stereocenters. The quantitative estimate of drug-likeness (QED) is 0.606. The Balaban J connectivity index is 1.32. The summed E-state index contributed by atoms with van der Waals surface area (Å²) in [6.07, 6.45) is 0. The van der Waals surface area contributed by atoms with Crippen LogP contribution in [0, 0.1) is 6.92 Å². The monoisotopic (exact) mass is 445 g/mol. The van der Waals surface area contributed by atoms with Crippen molar-refractivity contribution < 1.29 is 9.53 Å². The summed E-state index contributed by atoms with van der Waals surface area (Å²) in [5.74, 6) is 0.761. The first-order valence-corrected chi connectivity index (χ1v) is 10.5. The third-order valence-corrected chi connectivity index (χ3v) is 6.20. The highest BCUT2D eigenvalue weighted by Gasteiger charge is 2.23. The van der Waals surface area contributed by atoms with Crippen molar-refractivity contribution in [2.45, 2.75) is 6.92 Å². The van der Waals surface area contributed by atoms with Crippen LogP contribution < -0.4 is 9.64 Å². The van der Waals surface area contributed by atoms with Crippen molar-refractivity contribution in [3.05, 3.63) is 52.5 Å². The van der Waals surface area contributed by atoms with Crippen LogP contribution in [0.15, 0.2) is 46.9 Å². The molecule has 0 spiro atoms. The number of hydrogen-bond donors (Lipinski definition) is 0. The van der Waals surface area contributed by atoms with Crippen molar-refractivity contribution in [3.8, 4) is 5.75 Å². The topological polar surface area (TPSA) is 45.7 Å². The van der Waals surface area contributed by atoms with Crippen molar-refractivity contribution in [1.29, 1.82) is 0 Å². The summed E-state index contributed by atoms with van der Waals surface area (Å²) in [4.78, 5) is 21.3. The highest BCUT2D eigenvalue weighted by atomic mass is 79.9. The summed E-state index contributed by atoms with van der Waals surface area (Å²) >= 11 is 5.20. The number of ether oxygens (including phenoxy) is 1. The van der Waals surface area contributed by atoms with Gasteiger partial charge < -0.3 is 14.5 Å². The molecule has 1 aromatic heterocycles. The average Bonchev–Trinajstić information content (AvgIpc) is 3.10. The van der Waals surface area contributed by atoms with E-state index in [1.54, 1.807) is 11.3 Å². The second-order valence-electron chi connectivity index (χ2n) is 6.58. The standard InChI is InChI=1S/C20H20BrN3O2S/c1-14-2-5-16(6-3-14)26-13-19(25)23-8-10-24(11-9-23)20-22-17-7-4-15(21)12-18(17)27-20/h2-7,12H,8-11,13H2,1H3. The number of thiazole rings is 1. The van der Waals surface area contributed by atoms with Crippen LogP contribution in [0.2, 0.25) is 0 Å². The molecular weight excluding hydrogens is 426 g/mol. The third-order valence-electron chi connectivity index (χ3n) is 4.63. The van der Waals surface area contributed by atoms with Gasteiger partial charge in [-0.05, 0) is 37.3 Å². The van der Waals surface area contributed by atoms with Crippen LogP contribution in [0.4, 0.5) is 5.13 Å². The number of aromatic nitrogens is 1. The molecule has 0 atom stereocenters. The minimum Gasteiger partial charge on any atom is -0.484 e. The minimum absolute atomic E-state index is 0.0310. The number of piperazine rings is 1. The minimum atomic E-state index is 0.0310. The van der Waals surface area contributed by atoms with E-state index in [1.807, 2.05) is 48.2 Å². The van der Waals surface area contributed by atoms with Gasteiger partial charge in [-0.2, -0.15) is 0 Å². The van der Waals surface area contributed by atoms with Crippen LogP contribution in [0.25, 0.3) is 10.2 Å². The summed E-state index contributed by atoms with van der Waals surface area (Å²) in [6, 6.07) is 13.9. The molecule has 0 radical (unpaired) electrons. The lowest BCUT2D eigenvalue weighted by Crippen LogP contribution is -2.50. The molecule has 4 rings (SSSR count). The summed E-state index contributed by atoms with van der Waals surface area (Å²) in [7, 11) is 0. The zero-order valence-electron chi connectivity index (χ0n) is 15.0. The van der Waals surface area contributed by atoms with E-state index < -0.39 is 0 Å². The smallest absolute Gasteiger partial charge is 0.260 e. The predicted octanol–water partition coefficient (Wildman–Crippen LogP) is 4.09. The number of fused-ring (bicyclic) bond motifs is 1. The molecule has 1 saturated heterocycles. The number of benzene rings is 2. The first kappa shape index (κ1) is 18.3. The maximum Gasteiger partial charge on any atom is 0.260 e. The van der Waals surface area contributed by atoms with Crippen molar-refractivity contribution >= 4 is 48.5 Å². The van der Waals surface area contributed by atoms with Crippen molar-refractivity contribution in [3.63, 3.8) is 0 Å². The second kappa shape index (κ2) is 7.86. The van der Waals surface area contributed by atoms with E-state index in [0.717, 1.165) is 34.0 Å². The maximum absolute atomic E-state index is 12.4. The van der Waals surface area contributed by atoms with Crippen LogP contribution in [-0.4, -0.2) is 48.6 Å². The molecule has 0 aliphatic carbocycles. The zero-order chi connectivity index (χ0) is 18.8. The Hall–Kier alpha value is -2.12. The van der Waals surface area contributed by atoms with Crippen LogP contribution in [0.5, 0.6) is 5.75 Å². The molecule has 1 aliphatic rings. The van der Waals surface area contributed by atoms with Gasteiger partial charge in [-0.15, -0.1) is 0 Å². The van der Waals surface area contributed by atoms with E-state index >= 15 is 0 Å². The summed E-state index contributed by atoms with van der Waals surface area (Å²) < 4.78 is 7.85. The summed E-state index contributed by atoms with van der Waals surface area (Å²) in [6.45, 7) is 5.07. The molecule has 5 nitrogen and oxygen atoms in total. The molecular formula is C20H20BrN3O2S. The zero-order valence-corrected chi connectivity index (χ0v) is 17.4. The number of carbonyl (C=O) groups excluding carboxylic acids is 1. The fraction of sp³-hybridized carbons (Fsp3) is 0.300. The fourth-order valence-electron chi connectivity index (χ4n) is 3.04. The van der Waals surface area contributed by atoms with Gasteiger partial charge in [-0.25, -0.2) is 4.98 Å². The fourth-order valence-corrected chi connectivity index (χ4v) is 4.61. The van der Waals surface area contributed by atoms with E-state index in [-0.39, 0.29) is 12.5 Å². The molecule has 3 aromatic rings. The summed E-state index contributed by atoms with van der Waals surface area (Å²) in [5, 5.41) is 1.02. The molecule has 1 aliphatic heterocycles. The Morgan fingerprint density at radius 3 is 2.63 bits per heavy atom. The molecule has 27 heavy (non-hydrogen) atoms. The normalized spacial score (nSPS) is 14.6. The van der Waals surface area contributed by atoms with Gasteiger partial charge in [-0.3, -0.25) is 4.79 Å². The number of carbonyl (C=O) groups is 1. The summed E-state index contributed by atoms with van der Waals surface area (Å²) in [5.41, 5.74) is 2.19. The number of aryl methyl sites for hydroxylation is 1.